The molecule has 2 atom stereocenters. The Bertz CT molecular complexity index is 599. The second kappa shape index (κ2) is 6.81. The first-order valence-electron chi connectivity index (χ1n) is 8.77. The predicted molar refractivity (Wildman–Crippen MR) is 91.4 cm³/mol. The Labute approximate surface area is 143 Å². The maximum atomic E-state index is 14.2. The van der Waals surface area contributed by atoms with Gasteiger partial charge in [0.2, 0.25) is 5.91 Å². The van der Waals surface area contributed by atoms with Crippen LogP contribution < -0.4 is 0 Å². The maximum absolute atomic E-state index is 14.2. The predicted octanol–water partition coefficient (Wildman–Crippen LogP) is 2.28. The molecule has 0 radical (unpaired) electrons. The van der Waals surface area contributed by atoms with Crippen LogP contribution in [-0.4, -0.2) is 61.1 Å². The van der Waals surface area contributed by atoms with E-state index in [0.29, 0.717) is 17.5 Å². The van der Waals surface area contributed by atoms with Crippen LogP contribution >= 0.6 is 0 Å². The number of hydrogen-bond acceptors (Lipinski definition) is 3. The lowest BCUT2D eigenvalue weighted by molar-refractivity contribution is -0.135. The second-order valence-electron chi connectivity index (χ2n) is 7.51. The Morgan fingerprint density at radius 2 is 1.88 bits per heavy atom. The van der Waals surface area contributed by atoms with E-state index < -0.39 is 5.41 Å². The number of hydrogen-bond donors (Lipinski definition) is 0. The van der Waals surface area contributed by atoms with Crippen molar-refractivity contribution in [2.24, 2.45) is 5.92 Å². The molecular formula is C19H27FN2O2. The summed E-state index contributed by atoms with van der Waals surface area (Å²) >= 11 is 0. The van der Waals surface area contributed by atoms with Gasteiger partial charge in [-0.1, -0.05) is 25.1 Å². The minimum absolute atomic E-state index is 0.00945. The fourth-order valence-corrected chi connectivity index (χ4v) is 3.98. The number of amides is 1. The Balaban J connectivity index is 1.74. The molecule has 1 amide bonds. The summed E-state index contributed by atoms with van der Waals surface area (Å²) in [5.74, 6) is 0.117. The van der Waals surface area contributed by atoms with Crippen LogP contribution in [0.4, 0.5) is 4.39 Å². The van der Waals surface area contributed by atoms with Crippen molar-refractivity contribution in [2.45, 2.75) is 32.2 Å². The van der Waals surface area contributed by atoms with Crippen LogP contribution in [0.3, 0.4) is 0 Å². The van der Waals surface area contributed by atoms with Crippen LogP contribution in [0, 0.1) is 11.7 Å². The van der Waals surface area contributed by atoms with Gasteiger partial charge in [-0.25, -0.2) is 4.39 Å². The van der Waals surface area contributed by atoms with E-state index in [1.165, 1.54) is 6.07 Å². The Morgan fingerprint density at radius 3 is 2.54 bits per heavy atom. The first-order valence-corrected chi connectivity index (χ1v) is 8.77. The molecule has 0 aliphatic carbocycles. The molecule has 2 aliphatic rings. The van der Waals surface area contributed by atoms with E-state index in [4.69, 9.17) is 4.74 Å². The quantitative estimate of drug-likeness (QED) is 0.850. The van der Waals surface area contributed by atoms with Crippen LogP contribution in [0.2, 0.25) is 0 Å². The first-order chi connectivity index (χ1) is 11.4. The van der Waals surface area contributed by atoms with Gasteiger partial charge in [-0.15, -0.1) is 0 Å². The third-order valence-electron chi connectivity index (χ3n) is 5.46. The molecule has 0 aromatic heterocycles. The van der Waals surface area contributed by atoms with Crippen molar-refractivity contribution in [2.75, 3.05) is 39.4 Å². The standard InChI is InChI=1S/C19H27FN2O2/c1-14-12-22(13-17(14)21-8-10-24-11-9-21)18(23)19(2,3)15-6-4-5-7-16(15)20/h4-7,14,17H,8-13H2,1-3H3. The van der Waals surface area contributed by atoms with Crippen molar-refractivity contribution >= 4 is 5.91 Å². The largest absolute Gasteiger partial charge is 0.379 e. The zero-order valence-electron chi connectivity index (χ0n) is 14.8. The Hall–Kier alpha value is -1.46. The number of nitrogens with zero attached hydrogens (tertiary/aromatic N) is 2. The van der Waals surface area contributed by atoms with E-state index in [1.807, 2.05) is 18.7 Å². The highest BCUT2D eigenvalue weighted by atomic mass is 19.1. The highest BCUT2D eigenvalue weighted by molar-refractivity contribution is 5.87. The van der Waals surface area contributed by atoms with E-state index in [1.54, 1.807) is 18.2 Å². The van der Waals surface area contributed by atoms with Gasteiger partial charge in [0.25, 0.3) is 0 Å². The van der Waals surface area contributed by atoms with E-state index in [-0.39, 0.29) is 11.7 Å². The number of morpholine rings is 1. The van der Waals surface area contributed by atoms with Crippen LogP contribution in [0.1, 0.15) is 26.3 Å². The summed E-state index contributed by atoms with van der Waals surface area (Å²) < 4.78 is 19.6. The van der Waals surface area contributed by atoms with Crippen LogP contribution in [0.5, 0.6) is 0 Å². The summed E-state index contributed by atoms with van der Waals surface area (Å²) in [6.07, 6.45) is 0. The van der Waals surface area contributed by atoms with Crippen LogP contribution in [-0.2, 0) is 14.9 Å². The lowest BCUT2D eigenvalue weighted by Gasteiger charge is -2.34. The van der Waals surface area contributed by atoms with Gasteiger partial charge < -0.3 is 9.64 Å². The molecule has 2 fully saturated rings. The van der Waals surface area contributed by atoms with E-state index >= 15 is 0 Å². The van der Waals surface area contributed by atoms with Gasteiger partial charge >= 0.3 is 0 Å². The number of ether oxygens (including phenoxy) is 1. The zero-order chi connectivity index (χ0) is 17.3. The molecule has 1 aromatic rings. The lowest BCUT2D eigenvalue weighted by atomic mass is 9.83. The number of carbonyl (C=O) groups excluding carboxylic acids is 1. The molecule has 2 aliphatic heterocycles. The number of likely N-dealkylation sites (tertiary alicyclic amines) is 1. The monoisotopic (exact) mass is 334 g/mol. The van der Waals surface area contributed by atoms with Crippen LogP contribution in [0.15, 0.2) is 24.3 Å². The van der Waals surface area contributed by atoms with E-state index in [9.17, 15) is 9.18 Å². The number of carbonyl (C=O) groups is 1. The fourth-order valence-electron chi connectivity index (χ4n) is 3.98. The molecule has 5 heteroatoms. The van der Waals surface area contributed by atoms with Gasteiger partial charge in [-0.2, -0.15) is 0 Å². The van der Waals surface area contributed by atoms with Crippen molar-refractivity contribution in [3.63, 3.8) is 0 Å². The van der Waals surface area contributed by atoms with Gasteiger partial charge in [0.05, 0.1) is 18.6 Å². The van der Waals surface area contributed by atoms with E-state index in [2.05, 4.69) is 11.8 Å². The van der Waals surface area contributed by atoms with Crippen molar-refractivity contribution in [1.82, 2.24) is 9.80 Å². The first kappa shape index (κ1) is 17.4. The third kappa shape index (κ3) is 3.20. The third-order valence-corrected chi connectivity index (χ3v) is 5.46. The molecule has 0 bridgehead atoms. The summed E-state index contributed by atoms with van der Waals surface area (Å²) in [6, 6.07) is 6.96. The molecule has 132 valence electrons. The van der Waals surface area contributed by atoms with Gasteiger partial charge in [-0.3, -0.25) is 9.69 Å². The average Bonchev–Trinajstić information content (AvgIpc) is 2.97. The van der Waals surface area contributed by atoms with Crippen molar-refractivity contribution in [3.8, 4) is 0 Å². The summed E-state index contributed by atoms with van der Waals surface area (Å²) in [7, 11) is 0. The molecule has 0 saturated carbocycles. The lowest BCUT2D eigenvalue weighted by Crippen LogP contribution is -2.48. The smallest absolute Gasteiger partial charge is 0.232 e. The van der Waals surface area contributed by atoms with Gasteiger partial charge in [0, 0.05) is 37.8 Å². The zero-order valence-corrected chi connectivity index (χ0v) is 14.8. The van der Waals surface area contributed by atoms with Gasteiger partial charge in [-0.05, 0) is 25.8 Å². The normalized spacial score (nSPS) is 25.9. The molecule has 2 heterocycles. The minimum Gasteiger partial charge on any atom is -0.379 e. The SMILES string of the molecule is CC1CN(C(=O)C(C)(C)c2ccccc2F)CC1N1CCOCC1. The summed E-state index contributed by atoms with van der Waals surface area (Å²) in [5, 5.41) is 0. The number of rotatable bonds is 3. The topological polar surface area (TPSA) is 32.8 Å². The summed E-state index contributed by atoms with van der Waals surface area (Å²) in [4.78, 5) is 17.5. The maximum Gasteiger partial charge on any atom is 0.232 e. The molecule has 0 N–H and O–H groups in total. The Kier molecular flexibility index (Phi) is 4.92. The Morgan fingerprint density at radius 1 is 1.21 bits per heavy atom. The molecular weight excluding hydrogens is 307 g/mol. The second-order valence-corrected chi connectivity index (χ2v) is 7.51. The minimum atomic E-state index is -0.856. The molecule has 3 rings (SSSR count). The highest BCUT2D eigenvalue weighted by Gasteiger charge is 2.42. The van der Waals surface area contributed by atoms with Gasteiger partial charge in [0.1, 0.15) is 5.82 Å². The summed E-state index contributed by atoms with van der Waals surface area (Å²) in [5.41, 5.74) is -0.386. The van der Waals surface area contributed by atoms with Crippen LogP contribution in [0.25, 0.3) is 0 Å². The molecule has 0 spiro atoms. The fraction of sp³-hybridized carbons (Fsp3) is 0.632. The number of halogens is 1. The molecule has 1 aromatic carbocycles. The van der Waals surface area contributed by atoms with Crippen molar-refractivity contribution < 1.29 is 13.9 Å². The molecule has 2 saturated heterocycles. The van der Waals surface area contributed by atoms with Gasteiger partial charge in [0.15, 0.2) is 0 Å². The van der Waals surface area contributed by atoms with E-state index in [0.717, 1.165) is 39.4 Å². The number of benzene rings is 1. The average molecular weight is 334 g/mol. The highest BCUT2D eigenvalue weighted by Crippen LogP contribution is 2.31. The van der Waals surface area contributed by atoms with Crippen molar-refractivity contribution in [3.05, 3.63) is 35.6 Å². The molecule has 4 nitrogen and oxygen atoms in total. The molecule has 2 unspecified atom stereocenters. The summed E-state index contributed by atoms with van der Waals surface area (Å²) in [6.45, 7) is 10.7. The van der Waals surface area contributed by atoms with Crippen molar-refractivity contribution in [1.29, 1.82) is 0 Å². The molecule has 24 heavy (non-hydrogen) atoms.